The number of carboxylic acids is 1. The number of anilines is 1. The van der Waals surface area contributed by atoms with Gasteiger partial charge >= 0.3 is 5.97 Å². The van der Waals surface area contributed by atoms with Crippen molar-refractivity contribution >= 4 is 69.3 Å². The van der Waals surface area contributed by atoms with E-state index in [9.17, 15) is 42.3 Å². The first-order valence-electron chi connectivity index (χ1n) is 15.3. The summed E-state index contributed by atoms with van der Waals surface area (Å²) in [5, 5.41) is 20.3. The van der Waals surface area contributed by atoms with E-state index in [0.29, 0.717) is 5.39 Å². The number of carbonyl (C=O) groups excluding carboxylic acids is 4. The molecule has 0 radical (unpaired) electrons. The summed E-state index contributed by atoms with van der Waals surface area (Å²) in [5.41, 5.74) is -1.46. The van der Waals surface area contributed by atoms with E-state index in [2.05, 4.69) is 0 Å². The molecule has 0 bridgehead atoms. The number of aromatic hydroxyl groups is 1. The Morgan fingerprint density at radius 2 is 1.46 bits per heavy atom. The molecule has 50 heavy (non-hydrogen) atoms. The van der Waals surface area contributed by atoms with Crippen molar-refractivity contribution in [3.8, 4) is 5.75 Å². The molecule has 0 aromatic heterocycles. The van der Waals surface area contributed by atoms with Crippen molar-refractivity contribution in [2.75, 3.05) is 11.4 Å². The van der Waals surface area contributed by atoms with Crippen LogP contribution in [-0.2, 0) is 24.0 Å². The molecule has 9 nitrogen and oxygen atoms in total. The second-order valence-corrected chi connectivity index (χ2v) is 14.0. The molecular weight excluding hydrogens is 714 g/mol. The Morgan fingerprint density at radius 3 is 2.10 bits per heavy atom. The van der Waals surface area contributed by atoms with Gasteiger partial charge in [0.25, 0.3) is 11.8 Å². The van der Waals surface area contributed by atoms with Crippen LogP contribution in [0.4, 0.5) is 27.6 Å². The fraction of sp³-hybridized carbons (Fsp3) is 0.324. The van der Waals surface area contributed by atoms with Gasteiger partial charge in [0.05, 0.1) is 11.8 Å². The number of nitrogens with zero attached hydrogens (tertiary/aromatic N) is 2. The van der Waals surface area contributed by atoms with Crippen molar-refractivity contribution in [2.24, 2.45) is 17.8 Å². The van der Waals surface area contributed by atoms with Crippen LogP contribution >= 0.6 is 23.2 Å². The van der Waals surface area contributed by atoms with Crippen molar-refractivity contribution in [3.05, 3.63) is 82.7 Å². The smallest absolute Gasteiger partial charge is 0.303 e. The van der Waals surface area contributed by atoms with Crippen LogP contribution in [0.3, 0.4) is 0 Å². The number of hydrogen-bond donors (Lipinski definition) is 2. The molecule has 2 saturated heterocycles. The molecule has 2 aliphatic heterocycles. The van der Waals surface area contributed by atoms with E-state index >= 15 is 8.78 Å². The number of aliphatic carboxylic acids is 1. The summed E-state index contributed by atoms with van der Waals surface area (Å²) < 4.78 is 73.4. The van der Waals surface area contributed by atoms with E-state index in [1.54, 1.807) is 24.3 Å². The number of imide groups is 2. The molecule has 260 valence electrons. The average Bonchev–Trinajstić information content (AvgIpc) is 3.41. The highest BCUT2D eigenvalue weighted by atomic mass is 35.5. The van der Waals surface area contributed by atoms with Gasteiger partial charge in [0, 0.05) is 24.3 Å². The highest BCUT2D eigenvalue weighted by Crippen LogP contribution is 2.66. The van der Waals surface area contributed by atoms with Gasteiger partial charge in [-0.3, -0.25) is 28.9 Å². The van der Waals surface area contributed by atoms with Gasteiger partial charge in [0.1, 0.15) is 11.4 Å². The Bertz CT molecular complexity index is 2100. The minimum absolute atomic E-state index is 0.0482. The number of hydrogen-bond acceptors (Lipinski definition) is 6. The number of amides is 4. The zero-order valence-corrected chi connectivity index (χ0v) is 26.9. The van der Waals surface area contributed by atoms with Gasteiger partial charge in [-0.2, -0.15) is 0 Å². The van der Waals surface area contributed by atoms with Crippen LogP contribution in [0.2, 0.25) is 0 Å². The van der Waals surface area contributed by atoms with Crippen LogP contribution < -0.4 is 4.90 Å². The molecule has 2 heterocycles. The zero-order chi connectivity index (χ0) is 36.2. The first-order valence-corrected chi connectivity index (χ1v) is 16.1. The third-order valence-electron chi connectivity index (χ3n) is 10.3. The number of phenols is 1. The lowest BCUT2D eigenvalue weighted by molar-refractivity contribution is -0.142. The van der Waals surface area contributed by atoms with Crippen LogP contribution in [0.15, 0.2) is 48.0 Å². The summed E-state index contributed by atoms with van der Waals surface area (Å²) >= 11 is 14.3. The van der Waals surface area contributed by atoms with E-state index in [4.69, 9.17) is 28.3 Å². The summed E-state index contributed by atoms with van der Waals surface area (Å²) in [5.74, 6) is -23.0. The highest BCUT2D eigenvalue weighted by molar-refractivity contribution is 6.58. The lowest BCUT2D eigenvalue weighted by Crippen LogP contribution is -2.60. The monoisotopic (exact) mass is 736 g/mol. The Labute approximate surface area is 288 Å². The van der Waals surface area contributed by atoms with Gasteiger partial charge in [-0.05, 0) is 42.2 Å². The summed E-state index contributed by atoms with van der Waals surface area (Å²) in [6.07, 6.45) is 0.445. The van der Waals surface area contributed by atoms with Crippen molar-refractivity contribution in [3.63, 3.8) is 0 Å². The molecule has 3 aromatic carbocycles. The lowest BCUT2D eigenvalue weighted by atomic mass is 9.56. The number of rotatable bonds is 6. The third-order valence-corrected chi connectivity index (χ3v) is 11.7. The molecule has 16 heteroatoms. The summed E-state index contributed by atoms with van der Waals surface area (Å²) in [6.45, 7) is -0.220. The Kier molecular flexibility index (Phi) is 7.79. The standard InChI is InChI=1S/C34H23Cl2F5N2O7/c35-33-12-18-16(7-8-17-21(18)30(48)42(29(17)47)11-3-6-20(45)46)22(15-9-10-19(44)14-5-2-1-4-13(14)15)34(33,36)32(50)43(31(33)49)28-26(40)24(38)23(37)25(39)27(28)41/h1-2,4-5,7,9-10,17-18,21-22,44H,3,6,8,11-12H2,(H,45,46). The second-order valence-electron chi connectivity index (χ2n) is 12.7. The quantitative estimate of drug-likeness (QED) is 0.0833. The third kappa shape index (κ3) is 4.33. The first-order chi connectivity index (χ1) is 23.6. The van der Waals surface area contributed by atoms with Crippen LogP contribution in [0.5, 0.6) is 5.75 Å². The molecule has 4 amide bonds. The van der Waals surface area contributed by atoms with Crippen molar-refractivity contribution in [1.82, 2.24) is 4.90 Å². The molecule has 6 unspecified atom stereocenters. The van der Waals surface area contributed by atoms with E-state index in [0.717, 1.165) is 4.90 Å². The summed E-state index contributed by atoms with van der Waals surface area (Å²) in [4.78, 5) is 62.6. The SMILES string of the molecule is O=C(O)CCCN1C(=O)C2CC=C3C(CC4(Cl)C(=O)N(c5c(F)c(F)c(F)c(F)c5F)C(=O)C4(Cl)C3c3ccc(O)c4ccccc34)C2C1=O. The van der Waals surface area contributed by atoms with Crippen LogP contribution in [0, 0.1) is 46.8 Å². The number of carbonyl (C=O) groups is 5. The molecule has 7 rings (SSSR count). The van der Waals surface area contributed by atoms with Gasteiger partial charge in [-0.15, -0.1) is 23.2 Å². The van der Waals surface area contributed by atoms with E-state index < -0.39 is 104 Å². The highest BCUT2D eigenvalue weighted by Gasteiger charge is 2.77. The molecule has 3 aromatic rings. The number of benzene rings is 3. The normalized spacial score (nSPS) is 29.0. The molecule has 2 aliphatic carbocycles. The fourth-order valence-corrected chi connectivity index (χ4v) is 9.07. The number of fused-ring (bicyclic) bond motifs is 5. The topological polar surface area (TPSA) is 132 Å². The maximum Gasteiger partial charge on any atom is 0.303 e. The number of phenolic OH excluding ortho intramolecular Hbond substituents is 1. The minimum Gasteiger partial charge on any atom is -0.507 e. The van der Waals surface area contributed by atoms with E-state index in [-0.39, 0.29) is 53.0 Å². The molecular formula is C34H23Cl2F5N2O7. The van der Waals surface area contributed by atoms with Gasteiger partial charge < -0.3 is 10.2 Å². The molecule has 2 N–H and O–H groups in total. The number of carboxylic acid groups (broad SMARTS) is 1. The summed E-state index contributed by atoms with van der Waals surface area (Å²) in [7, 11) is 0. The average molecular weight is 737 g/mol. The van der Waals surface area contributed by atoms with Crippen molar-refractivity contribution in [2.45, 2.75) is 41.3 Å². The van der Waals surface area contributed by atoms with Gasteiger partial charge in [-0.25, -0.2) is 26.9 Å². The Morgan fingerprint density at radius 1 is 0.840 bits per heavy atom. The predicted octanol–water partition coefficient (Wildman–Crippen LogP) is 5.67. The van der Waals surface area contributed by atoms with Gasteiger partial charge in [0.15, 0.2) is 33.0 Å². The number of allylic oxidation sites excluding steroid dienone is 2. The number of halogens is 7. The van der Waals surface area contributed by atoms with Crippen molar-refractivity contribution in [1.29, 1.82) is 0 Å². The molecule has 0 spiro atoms. The number of likely N-dealkylation sites (tertiary alicyclic amines) is 1. The maximum absolute atomic E-state index is 15.2. The first kappa shape index (κ1) is 33.9. The minimum atomic E-state index is -2.71. The lowest BCUT2D eigenvalue weighted by Gasteiger charge is -2.51. The fourth-order valence-electron chi connectivity index (χ4n) is 8.14. The molecule has 1 saturated carbocycles. The Balaban J connectivity index is 1.45. The van der Waals surface area contributed by atoms with Gasteiger partial charge in [0.2, 0.25) is 17.6 Å². The van der Waals surface area contributed by atoms with E-state index in [1.807, 2.05) is 0 Å². The Hall–Kier alpha value is -4.56. The second kappa shape index (κ2) is 11.5. The molecule has 4 aliphatic rings. The molecule has 3 fully saturated rings. The maximum atomic E-state index is 15.2. The zero-order valence-electron chi connectivity index (χ0n) is 25.4. The van der Waals surface area contributed by atoms with Crippen molar-refractivity contribution < 1.29 is 56.1 Å². The molecule has 6 atom stereocenters. The number of alkyl halides is 2. The van der Waals surface area contributed by atoms with Crippen LogP contribution in [-0.4, -0.2) is 61.0 Å². The van der Waals surface area contributed by atoms with Crippen LogP contribution in [0.1, 0.15) is 37.2 Å². The van der Waals surface area contributed by atoms with Crippen LogP contribution in [0.25, 0.3) is 10.8 Å². The van der Waals surface area contributed by atoms with Gasteiger partial charge in [-0.1, -0.05) is 42.0 Å². The van der Waals surface area contributed by atoms with E-state index in [1.165, 1.54) is 18.2 Å². The summed E-state index contributed by atoms with van der Waals surface area (Å²) in [6, 6.07) is 8.90. The largest absolute Gasteiger partial charge is 0.507 e. The predicted molar refractivity (Wildman–Crippen MR) is 166 cm³/mol.